The molecule has 10 heteroatoms. The number of hydrogen-bond donors (Lipinski definition) is 0. The van der Waals surface area contributed by atoms with Crippen molar-refractivity contribution < 1.29 is 35.9 Å². The minimum absolute atomic E-state index is 0.188. The molecular weight excluding hydrogens is 348 g/mol. The highest BCUT2D eigenvalue weighted by Crippen LogP contribution is 2.39. The van der Waals surface area contributed by atoms with Crippen LogP contribution in [0.2, 0.25) is 0 Å². The molecule has 0 radical (unpaired) electrons. The number of alkyl halides is 7. The average Bonchev–Trinajstić information content (AvgIpc) is 2.25. The smallest absolute Gasteiger partial charge is 0.404 e. The summed E-state index contributed by atoms with van der Waals surface area (Å²) in [6.45, 7) is 0. The number of halogens is 7. The SMILES string of the molecule is O=Cc1ncc(OC(F)(F)F)c(CBr)c1C(F)(F)F. The summed E-state index contributed by atoms with van der Waals surface area (Å²) in [5.74, 6) is -1.11. The summed E-state index contributed by atoms with van der Waals surface area (Å²) >= 11 is 2.63. The van der Waals surface area contributed by atoms with Crippen LogP contribution >= 0.6 is 15.9 Å². The van der Waals surface area contributed by atoms with Gasteiger partial charge in [-0.1, -0.05) is 15.9 Å². The van der Waals surface area contributed by atoms with Gasteiger partial charge in [0.25, 0.3) is 0 Å². The Morgan fingerprint density at radius 3 is 2.21 bits per heavy atom. The third kappa shape index (κ3) is 3.82. The minimum Gasteiger partial charge on any atom is -0.404 e. The maximum atomic E-state index is 12.7. The predicted molar refractivity (Wildman–Crippen MR) is 53.9 cm³/mol. The summed E-state index contributed by atoms with van der Waals surface area (Å²) in [7, 11) is 0. The number of aromatic nitrogens is 1. The average molecular weight is 352 g/mol. The molecule has 1 aromatic heterocycles. The van der Waals surface area contributed by atoms with Crippen LogP contribution in [0.5, 0.6) is 5.75 Å². The van der Waals surface area contributed by atoms with Crippen LogP contribution in [0.15, 0.2) is 6.20 Å². The molecule has 0 N–H and O–H groups in total. The van der Waals surface area contributed by atoms with E-state index < -0.39 is 40.4 Å². The van der Waals surface area contributed by atoms with Gasteiger partial charge in [-0.3, -0.25) is 4.79 Å². The second kappa shape index (κ2) is 5.35. The molecule has 0 atom stereocenters. The fourth-order valence-corrected chi connectivity index (χ4v) is 1.86. The van der Waals surface area contributed by atoms with E-state index in [1.54, 1.807) is 0 Å². The number of nitrogens with zero attached hydrogens (tertiary/aromatic N) is 1. The molecule has 1 heterocycles. The van der Waals surface area contributed by atoms with Crippen LogP contribution in [0.4, 0.5) is 26.3 Å². The number of carbonyl (C=O) groups is 1. The first-order chi connectivity index (χ1) is 8.60. The third-order valence-corrected chi connectivity index (χ3v) is 2.49. The zero-order valence-corrected chi connectivity index (χ0v) is 10.4. The van der Waals surface area contributed by atoms with Gasteiger partial charge in [0.1, 0.15) is 5.69 Å². The molecule has 0 bridgehead atoms. The summed E-state index contributed by atoms with van der Waals surface area (Å²) in [5, 5.41) is -0.587. The fourth-order valence-electron chi connectivity index (χ4n) is 1.30. The first kappa shape index (κ1) is 15.7. The van der Waals surface area contributed by atoms with Gasteiger partial charge in [0.2, 0.25) is 0 Å². The third-order valence-electron chi connectivity index (χ3n) is 1.93. The summed E-state index contributed by atoms with van der Waals surface area (Å²) in [6, 6.07) is 0. The molecule has 0 saturated heterocycles. The van der Waals surface area contributed by atoms with Crippen molar-refractivity contribution in [3.63, 3.8) is 0 Å². The molecule has 1 rings (SSSR count). The Morgan fingerprint density at radius 1 is 1.26 bits per heavy atom. The number of pyridine rings is 1. The van der Waals surface area contributed by atoms with E-state index in [1.807, 2.05) is 0 Å². The maximum Gasteiger partial charge on any atom is 0.573 e. The lowest BCUT2D eigenvalue weighted by molar-refractivity contribution is -0.275. The van der Waals surface area contributed by atoms with Gasteiger partial charge in [-0.05, 0) is 0 Å². The van der Waals surface area contributed by atoms with Crippen molar-refractivity contribution in [3.8, 4) is 5.75 Å². The lowest BCUT2D eigenvalue weighted by Crippen LogP contribution is -2.21. The first-order valence-electron chi connectivity index (χ1n) is 4.46. The van der Waals surface area contributed by atoms with Gasteiger partial charge >= 0.3 is 12.5 Å². The molecule has 0 aromatic carbocycles. The Labute approximate surface area is 110 Å². The van der Waals surface area contributed by atoms with E-state index in [0.717, 1.165) is 0 Å². The van der Waals surface area contributed by atoms with Crippen molar-refractivity contribution in [1.29, 1.82) is 0 Å². The normalized spacial score (nSPS) is 12.4. The molecular formula is C9H4BrF6NO2. The predicted octanol–water partition coefficient (Wildman–Crippen LogP) is 3.71. The van der Waals surface area contributed by atoms with Crippen molar-refractivity contribution in [2.24, 2.45) is 0 Å². The Kier molecular flexibility index (Phi) is 4.43. The Balaban J connectivity index is 3.49. The number of rotatable bonds is 3. The van der Waals surface area contributed by atoms with Crippen LogP contribution in [0.25, 0.3) is 0 Å². The van der Waals surface area contributed by atoms with Crippen LogP contribution in [-0.2, 0) is 11.5 Å². The monoisotopic (exact) mass is 351 g/mol. The lowest BCUT2D eigenvalue weighted by atomic mass is 10.1. The molecule has 0 spiro atoms. The standard InChI is InChI=1S/C9H4BrF6NO2/c10-1-4-6(19-9(14,15)16)2-17-5(3-18)7(4)8(11,12)13/h2-3H,1H2. The number of carbonyl (C=O) groups excluding carboxylic acids is 1. The van der Waals surface area contributed by atoms with Crippen molar-refractivity contribution >= 4 is 22.2 Å². The van der Waals surface area contributed by atoms with E-state index in [1.165, 1.54) is 0 Å². The minimum atomic E-state index is -5.16. The molecule has 1 aromatic rings. The highest BCUT2D eigenvalue weighted by atomic mass is 79.9. The molecule has 0 aliphatic carbocycles. The summed E-state index contributed by atoms with van der Waals surface area (Å²) in [6.07, 6.45) is -9.96. The van der Waals surface area contributed by atoms with E-state index in [9.17, 15) is 31.1 Å². The van der Waals surface area contributed by atoms with Gasteiger partial charge in [-0.15, -0.1) is 13.2 Å². The fraction of sp³-hybridized carbons (Fsp3) is 0.333. The summed E-state index contributed by atoms with van der Waals surface area (Å²) in [4.78, 5) is 13.5. The molecule has 0 saturated carbocycles. The number of hydrogen-bond acceptors (Lipinski definition) is 3. The van der Waals surface area contributed by atoms with E-state index >= 15 is 0 Å². The van der Waals surface area contributed by atoms with Crippen LogP contribution in [0, 0.1) is 0 Å². The Bertz CT molecular complexity index is 485. The van der Waals surface area contributed by atoms with Gasteiger partial charge in [0.15, 0.2) is 12.0 Å². The lowest BCUT2D eigenvalue weighted by Gasteiger charge is -2.17. The topological polar surface area (TPSA) is 39.2 Å². The highest BCUT2D eigenvalue weighted by Gasteiger charge is 2.40. The van der Waals surface area contributed by atoms with E-state index in [2.05, 4.69) is 25.7 Å². The van der Waals surface area contributed by atoms with Gasteiger partial charge in [0.05, 0.1) is 11.8 Å². The van der Waals surface area contributed by atoms with Gasteiger partial charge in [-0.25, -0.2) is 4.98 Å². The zero-order chi connectivity index (χ0) is 14.8. The van der Waals surface area contributed by atoms with Gasteiger partial charge < -0.3 is 4.74 Å². The van der Waals surface area contributed by atoms with Gasteiger partial charge in [0, 0.05) is 10.9 Å². The number of aldehydes is 1. The second-order valence-corrected chi connectivity index (χ2v) is 3.72. The van der Waals surface area contributed by atoms with Crippen LogP contribution in [0.3, 0.4) is 0 Å². The van der Waals surface area contributed by atoms with Crippen LogP contribution in [-0.4, -0.2) is 17.6 Å². The molecule has 0 aliphatic heterocycles. The maximum absolute atomic E-state index is 12.7. The molecule has 0 amide bonds. The van der Waals surface area contributed by atoms with E-state index in [0.29, 0.717) is 6.20 Å². The van der Waals surface area contributed by atoms with Crippen molar-refractivity contribution in [2.45, 2.75) is 17.9 Å². The van der Waals surface area contributed by atoms with Crippen molar-refractivity contribution in [2.75, 3.05) is 0 Å². The Hall–Kier alpha value is -1.32. The van der Waals surface area contributed by atoms with Crippen LogP contribution in [0.1, 0.15) is 21.6 Å². The summed E-state index contributed by atoms with van der Waals surface area (Å²) in [5.41, 5.74) is -3.40. The molecule has 0 unspecified atom stereocenters. The van der Waals surface area contributed by atoms with Crippen LogP contribution < -0.4 is 4.74 Å². The highest BCUT2D eigenvalue weighted by molar-refractivity contribution is 9.08. The summed E-state index contributed by atoms with van der Waals surface area (Å²) < 4.78 is 77.8. The Morgan fingerprint density at radius 2 is 1.84 bits per heavy atom. The van der Waals surface area contributed by atoms with E-state index in [4.69, 9.17) is 0 Å². The van der Waals surface area contributed by atoms with Crippen molar-refractivity contribution in [1.82, 2.24) is 4.98 Å². The molecule has 3 nitrogen and oxygen atoms in total. The number of ether oxygens (including phenoxy) is 1. The van der Waals surface area contributed by atoms with Gasteiger partial charge in [-0.2, -0.15) is 13.2 Å². The quantitative estimate of drug-likeness (QED) is 0.473. The molecule has 106 valence electrons. The van der Waals surface area contributed by atoms with E-state index in [-0.39, 0.29) is 6.29 Å². The first-order valence-corrected chi connectivity index (χ1v) is 5.58. The zero-order valence-electron chi connectivity index (χ0n) is 8.77. The second-order valence-electron chi connectivity index (χ2n) is 3.16. The molecule has 19 heavy (non-hydrogen) atoms. The molecule has 0 fully saturated rings. The van der Waals surface area contributed by atoms with Crippen molar-refractivity contribution in [3.05, 3.63) is 23.0 Å². The molecule has 0 aliphatic rings. The largest absolute Gasteiger partial charge is 0.573 e.